The molecule has 20 nitrogen and oxygen atoms in total. The Morgan fingerprint density at radius 1 is 0.731 bits per heavy atom. The van der Waals surface area contributed by atoms with Crippen LogP contribution in [0.2, 0.25) is 0 Å². The molecule has 0 rings (SSSR count). The summed E-state index contributed by atoms with van der Waals surface area (Å²) in [6, 6.07) is -7.78. The Morgan fingerprint density at radius 2 is 1.23 bits per heavy atom. The number of carboxylic acids is 1. The first-order chi connectivity index (χ1) is 24.4. The van der Waals surface area contributed by atoms with E-state index in [-0.39, 0.29) is 38.2 Å². The van der Waals surface area contributed by atoms with Crippen molar-refractivity contribution in [2.45, 2.75) is 114 Å². The zero-order valence-corrected chi connectivity index (χ0v) is 31.2. The Hall–Kier alpha value is -4.21. The van der Waals surface area contributed by atoms with E-state index in [1.54, 1.807) is 13.8 Å². The topological polar surface area (TPSA) is 363 Å². The molecule has 0 aromatic rings. The van der Waals surface area contributed by atoms with Crippen molar-refractivity contribution < 1.29 is 43.8 Å². The van der Waals surface area contributed by atoms with Crippen LogP contribution in [0.1, 0.15) is 72.1 Å². The average molecular weight is 762 g/mol. The predicted octanol–water partition coefficient (Wildman–Crippen LogP) is -3.94. The van der Waals surface area contributed by atoms with Gasteiger partial charge in [0.05, 0.1) is 12.5 Å². The van der Waals surface area contributed by atoms with Crippen molar-refractivity contribution >= 4 is 59.1 Å². The Bertz CT molecular complexity index is 1220. The van der Waals surface area contributed by atoms with Crippen LogP contribution in [-0.2, 0) is 33.6 Å². The van der Waals surface area contributed by atoms with Gasteiger partial charge in [-0.1, -0.05) is 20.3 Å². The third kappa shape index (κ3) is 18.9. The van der Waals surface area contributed by atoms with Crippen LogP contribution in [-0.4, -0.2) is 125 Å². The number of unbranched alkanes of at least 4 members (excludes halogenated alkanes) is 1. The van der Waals surface area contributed by atoms with E-state index in [1.165, 1.54) is 18.7 Å². The molecule has 0 aliphatic heterocycles. The van der Waals surface area contributed by atoms with E-state index in [0.29, 0.717) is 31.6 Å². The maximum atomic E-state index is 13.8. The SMILES string of the molecule is CCC(C)C(NC(=O)C(CCCCN)NC(=O)C(CCSC)NC(=O)C(N)C(C)O)C(=O)NC(CCCN=C(N)N)C(=O)NC(CC(N)=O)C(=O)O. The summed E-state index contributed by atoms with van der Waals surface area (Å²) in [5.74, 6) is -6.59. The van der Waals surface area contributed by atoms with E-state index in [9.17, 15) is 43.8 Å². The highest BCUT2D eigenvalue weighted by Crippen LogP contribution is 2.12. The van der Waals surface area contributed by atoms with Gasteiger partial charge in [0.15, 0.2) is 5.96 Å². The molecular weight excluding hydrogens is 702 g/mol. The standard InChI is InChI=1S/C31H59N11O9S/c1-5-16(2)24(29(49)40-19(10-8-13-37-31(35)36)25(45)41-21(30(50)51)15-22(33)44)42-27(47)18(9-6-7-12-32)38-26(46)20(11-14-52-4)39-28(48)23(34)17(3)43/h16-21,23-24,43H,5-15,32,34H2,1-4H3,(H2,33,44)(H,38,46)(H,39,48)(H,40,49)(H,41,45)(H,42,47)(H,50,51)(H4,35,36,37). The van der Waals surface area contributed by atoms with Crippen LogP contribution in [0, 0.1) is 5.92 Å². The number of hydrogen-bond acceptors (Lipinski definition) is 12. The van der Waals surface area contributed by atoms with Crippen molar-refractivity contribution in [2.75, 3.05) is 25.1 Å². The van der Waals surface area contributed by atoms with Crippen LogP contribution in [0.3, 0.4) is 0 Å². The van der Waals surface area contributed by atoms with Gasteiger partial charge in [-0.15, -0.1) is 0 Å². The summed E-state index contributed by atoms with van der Waals surface area (Å²) < 4.78 is 0. The fourth-order valence-electron chi connectivity index (χ4n) is 4.69. The Kier molecular flexibility index (Phi) is 23.6. The number of hydrogen-bond donors (Lipinski definition) is 12. The third-order valence-electron chi connectivity index (χ3n) is 8.04. The number of primary amides is 1. The monoisotopic (exact) mass is 761 g/mol. The van der Waals surface area contributed by atoms with Crippen molar-refractivity contribution in [3.63, 3.8) is 0 Å². The number of rotatable bonds is 27. The molecule has 8 atom stereocenters. The molecule has 298 valence electrons. The van der Waals surface area contributed by atoms with Crippen molar-refractivity contribution in [1.82, 2.24) is 26.6 Å². The summed E-state index contributed by atoms with van der Waals surface area (Å²) in [6.07, 6.45) is 1.72. The maximum absolute atomic E-state index is 13.8. The van der Waals surface area contributed by atoms with Crippen molar-refractivity contribution in [1.29, 1.82) is 0 Å². The molecule has 6 amide bonds. The van der Waals surface area contributed by atoms with E-state index >= 15 is 0 Å². The van der Waals surface area contributed by atoms with Crippen molar-refractivity contribution in [3.05, 3.63) is 0 Å². The largest absolute Gasteiger partial charge is 0.480 e. The molecule has 8 unspecified atom stereocenters. The number of aliphatic hydroxyl groups excluding tert-OH is 1. The molecule has 0 aliphatic carbocycles. The normalized spacial score (nSPS) is 15.6. The number of carboxylic acid groups (broad SMARTS) is 1. The molecule has 0 bridgehead atoms. The molecule has 0 fully saturated rings. The minimum atomic E-state index is -1.67. The number of carbonyl (C=O) groups excluding carboxylic acids is 6. The summed E-state index contributed by atoms with van der Waals surface area (Å²) >= 11 is 1.42. The molecule has 0 aromatic carbocycles. The van der Waals surface area contributed by atoms with Gasteiger partial charge in [0.1, 0.15) is 36.3 Å². The van der Waals surface area contributed by atoms with Gasteiger partial charge >= 0.3 is 5.97 Å². The number of thioether (sulfide) groups is 1. The lowest BCUT2D eigenvalue weighted by Crippen LogP contribution is -2.60. The second-order valence-electron chi connectivity index (χ2n) is 12.4. The predicted molar refractivity (Wildman–Crippen MR) is 196 cm³/mol. The van der Waals surface area contributed by atoms with Gasteiger partial charge in [0.2, 0.25) is 35.4 Å². The van der Waals surface area contributed by atoms with Gasteiger partial charge in [-0.3, -0.25) is 33.8 Å². The van der Waals surface area contributed by atoms with Gasteiger partial charge in [-0.2, -0.15) is 11.8 Å². The molecule has 0 spiro atoms. The van der Waals surface area contributed by atoms with Gasteiger partial charge in [-0.25, -0.2) is 4.79 Å². The number of carbonyl (C=O) groups is 7. The lowest BCUT2D eigenvalue weighted by molar-refractivity contribution is -0.144. The smallest absolute Gasteiger partial charge is 0.326 e. The fourth-order valence-corrected chi connectivity index (χ4v) is 5.16. The van der Waals surface area contributed by atoms with Gasteiger partial charge in [0.25, 0.3) is 0 Å². The summed E-state index contributed by atoms with van der Waals surface area (Å²) in [7, 11) is 0. The first-order valence-corrected chi connectivity index (χ1v) is 18.5. The first-order valence-electron chi connectivity index (χ1n) is 17.1. The van der Waals surface area contributed by atoms with Crippen LogP contribution in [0.25, 0.3) is 0 Å². The van der Waals surface area contributed by atoms with Crippen LogP contribution < -0.4 is 55.3 Å². The Morgan fingerprint density at radius 3 is 1.71 bits per heavy atom. The lowest BCUT2D eigenvalue weighted by atomic mass is 9.96. The summed E-state index contributed by atoms with van der Waals surface area (Å²) in [5.41, 5.74) is 27.3. The van der Waals surface area contributed by atoms with Crippen LogP contribution in [0.4, 0.5) is 0 Å². The second kappa shape index (κ2) is 25.7. The molecule has 21 heteroatoms. The molecule has 52 heavy (non-hydrogen) atoms. The Balaban J connectivity index is 6.32. The molecule has 0 heterocycles. The van der Waals surface area contributed by atoms with E-state index in [0.717, 1.165) is 0 Å². The van der Waals surface area contributed by atoms with E-state index in [2.05, 4.69) is 31.6 Å². The average Bonchev–Trinajstić information content (AvgIpc) is 3.07. The summed E-state index contributed by atoms with van der Waals surface area (Å²) in [6.45, 7) is 5.19. The number of nitrogens with one attached hydrogen (secondary N) is 5. The first kappa shape index (κ1) is 47.8. The number of nitrogens with two attached hydrogens (primary N) is 5. The number of amides is 6. The number of guanidine groups is 1. The van der Waals surface area contributed by atoms with Crippen LogP contribution >= 0.6 is 11.8 Å². The van der Waals surface area contributed by atoms with Crippen molar-refractivity contribution in [2.24, 2.45) is 39.6 Å². The van der Waals surface area contributed by atoms with Crippen LogP contribution in [0.5, 0.6) is 0 Å². The van der Waals surface area contributed by atoms with E-state index in [4.69, 9.17) is 28.7 Å². The van der Waals surface area contributed by atoms with Gasteiger partial charge in [-0.05, 0) is 69.9 Å². The minimum Gasteiger partial charge on any atom is -0.480 e. The molecule has 17 N–H and O–H groups in total. The van der Waals surface area contributed by atoms with Gasteiger partial charge in [0, 0.05) is 6.54 Å². The summed E-state index contributed by atoms with van der Waals surface area (Å²) in [5, 5.41) is 31.9. The lowest BCUT2D eigenvalue weighted by Gasteiger charge is -2.29. The molecular formula is C31H59N11O9S. The third-order valence-corrected chi connectivity index (χ3v) is 8.68. The van der Waals surface area contributed by atoms with Crippen molar-refractivity contribution in [3.8, 4) is 0 Å². The minimum absolute atomic E-state index is 0.0575. The zero-order valence-electron chi connectivity index (χ0n) is 30.4. The number of aliphatic hydroxyl groups is 1. The van der Waals surface area contributed by atoms with E-state index in [1.807, 2.05) is 6.26 Å². The van der Waals surface area contributed by atoms with E-state index < -0.39 is 96.1 Å². The molecule has 0 saturated carbocycles. The molecule has 0 aromatic heterocycles. The zero-order chi connectivity index (χ0) is 40.0. The number of aliphatic imine (C=N–C) groups is 1. The second-order valence-corrected chi connectivity index (χ2v) is 13.4. The fraction of sp³-hybridized carbons (Fsp3) is 0.742. The highest BCUT2D eigenvalue weighted by atomic mass is 32.2. The molecule has 0 saturated heterocycles. The number of nitrogens with zero attached hydrogens (tertiary/aromatic N) is 1. The Labute approximate surface area is 308 Å². The molecule has 0 aliphatic rings. The number of aliphatic carboxylic acids is 1. The maximum Gasteiger partial charge on any atom is 0.326 e. The highest BCUT2D eigenvalue weighted by Gasteiger charge is 2.34. The quantitative estimate of drug-likeness (QED) is 0.0216. The summed E-state index contributed by atoms with van der Waals surface area (Å²) in [4.78, 5) is 93.7. The van der Waals surface area contributed by atoms with Crippen LogP contribution in [0.15, 0.2) is 4.99 Å². The van der Waals surface area contributed by atoms with Gasteiger partial charge < -0.3 is 65.5 Å². The highest BCUT2D eigenvalue weighted by molar-refractivity contribution is 7.98. The molecule has 0 radical (unpaired) electrons.